The van der Waals surface area contributed by atoms with Crippen LogP contribution in [0.2, 0.25) is 0 Å². The van der Waals surface area contributed by atoms with Crippen molar-refractivity contribution in [3.8, 4) is 11.1 Å². The standard InChI is InChI=1S/C21H24N4/c22-18-6-8-25(9-7-18)14-15-4-5-17-12-24-13-21(20(17)10-15)16-2-1-3-19(23)11-16/h1-5,10-13,18H,6-9,14,22-23H2. The highest BCUT2D eigenvalue weighted by Crippen LogP contribution is 2.30. The lowest BCUT2D eigenvalue weighted by Crippen LogP contribution is -2.39. The Labute approximate surface area is 148 Å². The molecule has 0 aliphatic carbocycles. The van der Waals surface area contributed by atoms with Gasteiger partial charge in [0.15, 0.2) is 0 Å². The molecule has 0 saturated carbocycles. The number of likely N-dealkylation sites (tertiary alicyclic amines) is 1. The molecule has 0 radical (unpaired) electrons. The van der Waals surface area contributed by atoms with Crippen LogP contribution in [0, 0.1) is 0 Å². The number of benzene rings is 2. The molecule has 0 amide bonds. The number of nitrogens with zero attached hydrogens (tertiary/aromatic N) is 2. The van der Waals surface area contributed by atoms with Crippen LogP contribution in [-0.2, 0) is 6.54 Å². The van der Waals surface area contributed by atoms with Crippen LogP contribution in [0.15, 0.2) is 54.9 Å². The van der Waals surface area contributed by atoms with E-state index < -0.39 is 0 Å². The highest BCUT2D eigenvalue weighted by molar-refractivity contribution is 5.96. The molecule has 4 heteroatoms. The second kappa shape index (κ2) is 6.82. The van der Waals surface area contributed by atoms with Gasteiger partial charge in [0.05, 0.1) is 0 Å². The van der Waals surface area contributed by atoms with Crippen molar-refractivity contribution < 1.29 is 0 Å². The second-order valence-corrected chi connectivity index (χ2v) is 6.98. The maximum atomic E-state index is 6.02. The quantitative estimate of drug-likeness (QED) is 0.721. The molecule has 4 nitrogen and oxygen atoms in total. The van der Waals surface area contributed by atoms with Gasteiger partial charge in [0, 0.05) is 41.6 Å². The van der Waals surface area contributed by atoms with Gasteiger partial charge in [-0.15, -0.1) is 0 Å². The van der Waals surface area contributed by atoms with Gasteiger partial charge in [-0.1, -0.05) is 24.3 Å². The number of hydrogen-bond acceptors (Lipinski definition) is 4. The molecule has 2 heterocycles. The molecule has 0 bridgehead atoms. The van der Waals surface area contributed by atoms with Crippen molar-refractivity contribution in [3.05, 3.63) is 60.4 Å². The number of fused-ring (bicyclic) bond motifs is 1. The fourth-order valence-electron chi connectivity index (χ4n) is 3.61. The number of nitrogen functional groups attached to an aromatic ring is 1. The Morgan fingerprint density at radius 2 is 1.88 bits per heavy atom. The number of hydrogen-bond donors (Lipinski definition) is 2. The third-order valence-electron chi connectivity index (χ3n) is 5.06. The molecule has 1 saturated heterocycles. The highest BCUT2D eigenvalue weighted by Gasteiger charge is 2.16. The minimum absolute atomic E-state index is 0.370. The maximum absolute atomic E-state index is 6.02. The average Bonchev–Trinajstić information content (AvgIpc) is 2.63. The third kappa shape index (κ3) is 3.50. The Hall–Kier alpha value is -2.43. The zero-order valence-electron chi connectivity index (χ0n) is 14.4. The molecule has 25 heavy (non-hydrogen) atoms. The molecule has 0 atom stereocenters. The fraction of sp³-hybridized carbons (Fsp3) is 0.286. The molecule has 1 aliphatic rings. The maximum Gasteiger partial charge on any atom is 0.0352 e. The predicted molar refractivity (Wildman–Crippen MR) is 104 cm³/mol. The van der Waals surface area contributed by atoms with Gasteiger partial charge in [0.2, 0.25) is 0 Å². The number of piperidine rings is 1. The van der Waals surface area contributed by atoms with E-state index in [1.54, 1.807) is 0 Å². The molecule has 4 N–H and O–H groups in total. The van der Waals surface area contributed by atoms with E-state index in [2.05, 4.69) is 34.1 Å². The molecular weight excluding hydrogens is 308 g/mol. The largest absolute Gasteiger partial charge is 0.399 e. The molecule has 128 valence electrons. The summed E-state index contributed by atoms with van der Waals surface area (Å²) in [5.74, 6) is 0. The normalized spacial score (nSPS) is 16.4. The van der Waals surface area contributed by atoms with Gasteiger partial charge < -0.3 is 11.5 Å². The summed E-state index contributed by atoms with van der Waals surface area (Å²) in [6.45, 7) is 3.14. The van der Waals surface area contributed by atoms with Crippen molar-refractivity contribution in [1.82, 2.24) is 9.88 Å². The Balaban J connectivity index is 1.68. The van der Waals surface area contributed by atoms with E-state index in [0.717, 1.165) is 54.7 Å². The van der Waals surface area contributed by atoms with Crippen molar-refractivity contribution in [2.45, 2.75) is 25.4 Å². The Morgan fingerprint density at radius 3 is 2.68 bits per heavy atom. The summed E-state index contributed by atoms with van der Waals surface area (Å²) in [4.78, 5) is 6.90. The van der Waals surface area contributed by atoms with Crippen LogP contribution >= 0.6 is 0 Å². The molecule has 0 unspecified atom stereocenters. The van der Waals surface area contributed by atoms with Gasteiger partial charge in [-0.25, -0.2) is 0 Å². The molecule has 1 aromatic heterocycles. The Kier molecular flexibility index (Phi) is 4.38. The van der Waals surface area contributed by atoms with Gasteiger partial charge in [0.1, 0.15) is 0 Å². The van der Waals surface area contributed by atoms with Gasteiger partial charge in [0.25, 0.3) is 0 Å². The zero-order chi connectivity index (χ0) is 17.2. The van der Waals surface area contributed by atoms with Gasteiger partial charge in [-0.2, -0.15) is 0 Å². The van der Waals surface area contributed by atoms with Gasteiger partial charge >= 0.3 is 0 Å². The summed E-state index contributed by atoms with van der Waals surface area (Å²) in [6, 6.07) is 15.0. The number of aromatic nitrogens is 1. The van der Waals surface area contributed by atoms with E-state index in [9.17, 15) is 0 Å². The number of pyridine rings is 1. The first-order valence-electron chi connectivity index (χ1n) is 8.89. The molecule has 1 aliphatic heterocycles. The van der Waals surface area contributed by atoms with Gasteiger partial charge in [-0.05, 0) is 60.6 Å². The van der Waals surface area contributed by atoms with Crippen LogP contribution in [0.3, 0.4) is 0 Å². The predicted octanol–water partition coefficient (Wildman–Crippen LogP) is 3.41. The third-order valence-corrected chi connectivity index (χ3v) is 5.06. The molecular formula is C21H24N4. The van der Waals surface area contributed by atoms with E-state index in [4.69, 9.17) is 11.5 Å². The summed E-state index contributed by atoms with van der Waals surface area (Å²) >= 11 is 0. The number of anilines is 1. The van der Waals surface area contributed by atoms with E-state index in [1.807, 2.05) is 30.6 Å². The minimum Gasteiger partial charge on any atom is -0.399 e. The molecule has 4 rings (SSSR count). The van der Waals surface area contributed by atoms with E-state index in [1.165, 1.54) is 10.9 Å². The summed E-state index contributed by atoms with van der Waals surface area (Å²) in [7, 11) is 0. The van der Waals surface area contributed by atoms with Crippen LogP contribution in [0.1, 0.15) is 18.4 Å². The molecule has 1 fully saturated rings. The van der Waals surface area contributed by atoms with E-state index in [0.29, 0.717) is 6.04 Å². The second-order valence-electron chi connectivity index (χ2n) is 6.98. The fourth-order valence-corrected chi connectivity index (χ4v) is 3.61. The van der Waals surface area contributed by atoms with Crippen LogP contribution in [0.4, 0.5) is 5.69 Å². The van der Waals surface area contributed by atoms with Crippen LogP contribution in [-0.4, -0.2) is 29.0 Å². The summed E-state index contributed by atoms with van der Waals surface area (Å²) in [5, 5.41) is 2.39. The first-order valence-corrected chi connectivity index (χ1v) is 8.89. The smallest absolute Gasteiger partial charge is 0.0352 e. The van der Waals surface area contributed by atoms with Crippen LogP contribution in [0.25, 0.3) is 21.9 Å². The molecule has 2 aromatic carbocycles. The molecule has 0 spiro atoms. The lowest BCUT2D eigenvalue weighted by Gasteiger charge is -2.30. The first-order chi connectivity index (χ1) is 12.2. The van der Waals surface area contributed by atoms with Crippen molar-refractivity contribution in [1.29, 1.82) is 0 Å². The monoisotopic (exact) mass is 332 g/mol. The first kappa shape index (κ1) is 16.1. The molecule has 3 aromatic rings. The number of rotatable bonds is 3. The Bertz CT molecular complexity index is 882. The van der Waals surface area contributed by atoms with Crippen molar-refractivity contribution in [2.24, 2.45) is 5.73 Å². The summed E-state index contributed by atoms with van der Waals surface area (Å²) in [5.41, 5.74) is 16.3. The van der Waals surface area contributed by atoms with Crippen molar-refractivity contribution in [2.75, 3.05) is 18.8 Å². The zero-order valence-corrected chi connectivity index (χ0v) is 14.4. The van der Waals surface area contributed by atoms with Crippen LogP contribution in [0.5, 0.6) is 0 Å². The number of nitrogens with two attached hydrogens (primary N) is 2. The topological polar surface area (TPSA) is 68.2 Å². The summed E-state index contributed by atoms with van der Waals surface area (Å²) < 4.78 is 0. The lowest BCUT2D eigenvalue weighted by atomic mass is 9.98. The average molecular weight is 332 g/mol. The van der Waals surface area contributed by atoms with E-state index >= 15 is 0 Å². The van der Waals surface area contributed by atoms with Crippen LogP contribution < -0.4 is 11.5 Å². The highest BCUT2D eigenvalue weighted by atomic mass is 15.1. The lowest BCUT2D eigenvalue weighted by molar-refractivity contribution is 0.206. The van der Waals surface area contributed by atoms with Gasteiger partial charge in [-0.3, -0.25) is 9.88 Å². The summed E-state index contributed by atoms with van der Waals surface area (Å²) in [6.07, 6.45) is 6.04. The van der Waals surface area contributed by atoms with E-state index in [-0.39, 0.29) is 0 Å². The van der Waals surface area contributed by atoms with Crippen molar-refractivity contribution in [3.63, 3.8) is 0 Å². The van der Waals surface area contributed by atoms with Crippen molar-refractivity contribution >= 4 is 16.5 Å². The Morgan fingerprint density at radius 1 is 1.04 bits per heavy atom. The SMILES string of the molecule is Nc1cccc(-c2cncc3ccc(CN4CCC(N)CC4)cc23)c1. The minimum atomic E-state index is 0.370.